The maximum absolute atomic E-state index is 11.8. The standard InChI is InChI=1S/C16H26ClN3O/c1-12(2)20(13(3)4)10-9-18-11-16(21)19-15-7-5-14(17)6-8-15/h5-8,12-13,18H,9-11H2,1-4H3,(H,19,21). The number of hydrogen-bond donors (Lipinski definition) is 2. The molecular formula is C16H26ClN3O. The second-order valence-electron chi connectivity index (χ2n) is 5.66. The molecule has 5 heteroatoms. The van der Waals surface area contributed by atoms with E-state index in [1.807, 2.05) is 0 Å². The summed E-state index contributed by atoms with van der Waals surface area (Å²) in [6, 6.07) is 8.12. The summed E-state index contributed by atoms with van der Waals surface area (Å²) >= 11 is 5.80. The van der Waals surface area contributed by atoms with Crippen molar-refractivity contribution in [2.75, 3.05) is 25.0 Å². The summed E-state index contributed by atoms with van der Waals surface area (Å²) in [4.78, 5) is 14.2. The number of carbonyl (C=O) groups is 1. The second kappa shape index (κ2) is 9.03. The molecule has 0 atom stereocenters. The summed E-state index contributed by atoms with van der Waals surface area (Å²) in [5, 5.41) is 6.67. The molecule has 0 unspecified atom stereocenters. The van der Waals surface area contributed by atoms with Gasteiger partial charge < -0.3 is 10.6 Å². The lowest BCUT2D eigenvalue weighted by atomic mass is 10.2. The highest BCUT2D eigenvalue weighted by atomic mass is 35.5. The minimum Gasteiger partial charge on any atom is -0.325 e. The third-order valence-electron chi connectivity index (χ3n) is 3.29. The van der Waals surface area contributed by atoms with E-state index in [9.17, 15) is 4.79 Å². The number of rotatable bonds is 8. The molecule has 0 aliphatic rings. The lowest BCUT2D eigenvalue weighted by Gasteiger charge is -2.30. The van der Waals surface area contributed by atoms with Crippen LogP contribution in [0.1, 0.15) is 27.7 Å². The molecular weight excluding hydrogens is 286 g/mol. The second-order valence-corrected chi connectivity index (χ2v) is 6.09. The van der Waals surface area contributed by atoms with E-state index in [-0.39, 0.29) is 5.91 Å². The number of halogens is 1. The number of amides is 1. The number of carbonyl (C=O) groups excluding carboxylic acids is 1. The van der Waals surface area contributed by atoms with Crippen LogP contribution < -0.4 is 10.6 Å². The summed E-state index contributed by atoms with van der Waals surface area (Å²) in [5.41, 5.74) is 0.761. The van der Waals surface area contributed by atoms with Crippen LogP contribution in [-0.4, -0.2) is 42.5 Å². The molecule has 1 aromatic rings. The molecule has 0 spiro atoms. The molecule has 0 saturated carbocycles. The topological polar surface area (TPSA) is 44.4 Å². The fourth-order valence-corrected chi connectivity index (χ4v) is 2.39. The van der Waals surface area contributed by atoms with E-state index in [2.05, 4.69) is 43.2 Å². The first-order chi connectivity index (χ1) is 9.90. The van der Waals surface area contributed by atoms with Gasteiger partial charge in [-0.2, -0.15) is 0 Å². The molecule has 1 amide bonds. The van der Waals surface area contributed by atoms with Crippen molar-refractivity contribution in [2.24, 2.45) is 0 Å². The van der Waals surface area contributed by atoms with Gasteiger partial charge in [-0.1, -0.05) is 11.6 Å². The lowest BCUT2D eigenvalue weighted by molar-refractivity contribution is -0.115. The van der Waals surface area contributed by atoms with Crippen molar-refractivity contribution in [2.45, 2.75) is 39.8 Å². The van der Waals surface area contributed by atoms with Crippen LogP contribution in [0, 0.1) is 0 Å². The van der Waals surface area contributed by atoms with Crippen molar-refractivity contribution >= 4 is 23.2 Å². The smallest absolute Gasteiger partial charge is 0.238 e. The van der Waals surface area contributed by atoms with Gasteiger partial charge in [0.15, 0.2) is 0 Å². The van der Waals surface area contributed by atoms with Crippen LogP contribution in [-0.2, 0) is 4.79 Å². The molecule has 1 rings (SSSR count). The summed E-state index contributed by atoms with van der Waals surface area (Å²) in [5.74, 6) is -0.0435. The van der Waals surface area contributed by atoms with Crippen molar-refractivity contribution in [3.8, 4) is 0 Å². The number of nitrogens with zero attached hydrogens (tertiary/aromatic N) is 1. The highest BCUT2D eigenvalue weighted by Gasteiger charge is 2.12. The third kappa shape index (κ3) is 6.93. The largest absolute Gasteiger partial charge is 0.325 e. The number of benzene rings is 1. The quantitative estimate of drug-likeness (QED) is 0.725. The van der Waals surface area contributed by atoms with Crippen molar-refractivity contribution < 1.29 is 4.79 Å². The predicted molar refractivity (Wildman–Crippen MR) is 89.9 cm³/mol. The Morgan fingerprint density at radius 1 is 1.14 bits per heavy atom. The Labute approximate surface area is 132 Å². The molecule has 0 radical (unpaired) electrons. The molecule has 0 fully saturated rings. The minimum absolute atomic E-state index is 0.0435. The molecule has 21 heavy (non-hydrogen) atoms. The lowest BCUT2D eigenvalue weighted by Crippen LogP contribution is -2.42. The van der Waals surface area contributed by atoms with Crippen LogP contribution in [0.15, 0.2) is 24.3 Å². The van der Waals surface area contributed by atoms with Crippen LogP contribution in [0.5, 0.6) is 0 Å². The molecule has 2 N–H and O–H groups in total. The molecule has 1 aromatic carbocycles. The summed E-state index contributed by atoms with van der Waals surface area (Å²) in [7, 11) is 0. The molecule has 0 aliphatic carbocycles. The average Bonchev–Trinajstić information content (AvgIpc) is 2.40. The van der Waals surface area contributed by atoms with E-state index in [4.69, 9.17) is 11.6 Å². The van der Waals surface area contributed by atoms with Gasteiger partial charge in [-0.25, -0.2) is 0 Å². The first-order valence-corrected chi connectivity index (χ1v) is 7.80. The van der Waals surface area contributed by atoms with E-state index in [0.717, 1.165) is 18.8 Å². The highest BCUT2D eigenvalue weighted by Crippen LogP contribution is 2.12. The SMILES string of the molecule is CC(C)N(CCNCC(=O)Nc1ccc(Cl)cc1)C(C)C. The van der Waals surface area contributed by atoms with Crippen molar-refractivity contribution in [3.05, 3.63) is 29.3 Å². The zero-order valence-electron chi connectivity index (χ0n) is 13.3. The number of hydrogen-bond acceptors (Lipinski definition) is 3. The number of nitrogens with one attached hydrogen (secondary N) is 2. The van der Waals surface area contributed by atoms with Gasteiger partial charge in [-0.05, 0) is 52.0 Å². The van der Waals surface area contributed by atoms with Gasteiger partial charge in [-0.3, -0.25) is 9.69 Å². The van der Waals surface area contributed by atoms with E-state index in [1.165, 1.54) is 0 Å². The Hall–Kier alpha value is -1.10. The van der Waals surface area contributed by atoms with Crippen molar-refractivity contribution in [1.29, 1.82) is 0 Å². The Balaban J connectivity index is 2.26. The first kappa shape index (κ1) is 18.0. The van der Waals surface area contributed by atoms with Gasteiger partial charge in [0.25, 0.3) is 0 Å². The fourth-order valence-electron chi connectivity index (χ4n) is 2.26. The minimum atomic E-state index is -0.0435. The van der Waals surface area contributed by atoms with Gasteiger partial charge >= 0.3 is 0 Å². The summed E-state index contributed by atoms with van der Waals surface area (Å²) in [6.07, 6.45) is 0. The molecule has 4 nitrogen and oxygen atoms in total. The summed E-state index contributed by atoms with van der Waals surface area (Å²) in [6.45, 7) is 10.8. The highest BCUT2D eigenvalue weighted by molar-refractivity contribution is 6.30. The first-order valence-electron chi connectivity index (χ1n) is 7.42. The van der Waals surface area contributed by atoms with E-state index in [1.54, 1.807) is 24.3 Å². The van der Waals surface area contributed by atoms with Gasteiger partial charge in [0, 0.05) is 35.9 Å². The van der Waals surface area contributed by atoms with Crippen LogP contribution in [0.3, 0.4) is 0 Å². The molecule has 0 heterocycles. The zero-order chi connectivity index (χ0) is 15.8. The monoisotopic (exact) mass is 311 g/mol. The molecule has 0 aliphatic heterocycles. The van der Waals surface area contributed by atoms with Crippen LogP contribution in [0.2, 0.25) is 5.02 Å². The van der Waals surface area contributed by atoms with E-state index in [0.29, 0.717) is 23.7 Å². The summed E-state index contributed by atoms with van der Waals surface area (Å²) < 4.78 is 0. The molecule has 0 bridgehead atoms. The van der Waals surface area contributed by atoms with Crippen LogP contribution in [0.25, 0.3) is 0 Å². The Morgan fingerprint density at radius 2 is 1.71 bits per heavy atom. The van der Waals surface area contributed by atoms with Crippen molar-refractivity contribution in [1.82, 2.24) is 10.2 Å². The van der Waals surface area contributed by atoms with Crippen LogP contribution >= 0.6 is 11.6 Å². The fraction of sp³-hybridized carbons (Fsp3) is 0.562. The molecule has 0 saturated heterocycles. The van der Waals surface area contributed by atoms with Crippen LogP contribution in [0.4, 0.5) is 5.69 Å². The van der Waals surface area contributed by atoms with Gasteiger partial charge in [0.1, 0.15) is 0 Å². The van der Waals surface area contributed by atoms with E-state index < -0.39 is 0 Å². The zero-order valence-corrected chi connectivity index (χ0v) is 14.1. The van der Waals surface area contributed by atoms with Crippen molar-refractivity contribution in [3.63, 3.8) is 0 Å². The Bertz CT molecular complexity index is 424. The van der Waals surface area contributed by atoms with Gasteiger partial charge in [-0.15, -0.1) is 0 Å². The maximum Gasteiger partial charge on any atom is 0.238 e. The third-order valence-corrected chi connectivity index (χ3v) is 3.54. The Morgan fingerprint density at radius 3 is 2.24 bits per heavy atom. The molecule has 118 valence electrons. The van der Waals surface area contributed by atoms with E-state index >= 15 is 0 Å². The van der Waals surface area contributed by atoms with Gasteiger partial charge in [0.2, 0.25) is 5.91 Å². The normalized spacial score (nSPS) is 11.4. The molecule has 0 aromatic heterocycles. The average molecular weight is 312 g/mol. The van der Waals surface area contributed by atoms with Gasteiger partial charge in [0.05, 0.1) is 6.54 Å². The maximum atomic E-state index is 11.8. The Kier molecular flexibility index (Phi) is 7.72. The number of anilines is 1. The predicted octanol–water partition coefficient (Wildman–Crippen LogP) is 2.99.